The molecule has 0 saturated heterocycles. The summed E-state index contributed by atoms with van der Waals surface area (Å²) in [5, 5.41) is 22.2. The highest BCUT2D eigenvalue weighted by Crippen LogP contribution is 2.68. The average molecular weight is 523 g/mol. The van der Waals surface area contributed by atoms with Gasteiger partial charge in [0.05, 0.1) is 30.3 Å². The summed E-state index contributed by atoms with van der Waals surface area (Å²) >= 11 is 0. The zero-order valence-electron chi connectivity index (χ0n) is 24.3. The lowest BCUT2D eigenvalue weighted by atomic mass is 9.43. The fraction of sp³-hybridized carbons (Fsp3) is 0.788. The largest absolute Gasteiger partial charge is 0.393 e. The number of nitrogens with zero attached hydrogens (tertiary/aromatic N) is 2. The van der Waals surface area contributed by atoms with Crippen molar-refractivity contribution in [1.29, 1.82) is 0 Å². The maximum absolute atomic E-state index is 13.4. The highest BCUT2D eigenvalue weighted by atomic mass is 16.3. The Hall–Kier alpha value is -1.59. The van der Waals surface area contributed by atoms with Crippen LogP contribution < -0.4 is 9.80 Å². The number of hydrogen-bond acceptors (Lipinski definition) is 4. The lowest BCUT2D eigenvalue weighted by Crippen LogP contribution is -2.58. The van der Waals surface area contributed by atoms with E-state index in [4.69, 9.17) is 0 Å². The molecular formula is C33H50N2O3. The number of hydrogen-bond donors (Lipinski definition) is 2. The Morgan fingerprint density at radius 1 is 1.05 bits per heavy atom. The molecule has 1 aromatic rings. The van der Waals surface area contributed by atoms with Gasteiger partial charge in [0.1, 0.15) is 0 Å². The maximum Gasteiger partial charge on any atom is 0.228 e. The highest BCUT2D eigenvalue weighted by Gasteiger charge is 2.63. The molecule has 0 bridgehead atoms. The zero-order valence-corrected chi connectivity index (χ0v) is 24.3. The van der Waals surface area contributed by atoms with E-state index in [-0.39, 0.29) is 28.9 Å². The standard InChI is InChI=1S/C33H50N2O3/c1-20-6-12-28-29(16-20)34(5)19-35(28)31(38)13-7-21(2)25-10-11-26-24-9-8-22-17-23(36)14-15-32(22,3)27(24)18-30(37)33(25,26)4/h6,12,16,21-27,30,36-37H,7-11,13-15,17-19H2,1-5H3/t21-,22-,23-,24+,25-,26+,27+,30+,32+,33-/m1/s1. The van der Waals surface area contributed by atoms with Gasteiger partial charge in [-0.05, 0) is 129 Å². The Kier molecular flexibility index (Phi) is 6.66. The van der Waals surface area contributed by atoms with Crippen LogP contribution in [-0.2, 0) is 4.79 Å². The second-order valence-corrected chi connectivity index (χ2v) is 14.6. The maximum atomic E-state index is 13.4. The average Bonchev–Trinajstić information content (AvgIpc) is 3.41. The second kappa shape index (κ2) is 9.51. The number of aliphatic hydroxyl groups excluding tert-OH is 2. The van der Waals surface area contributed by atoms with Crippen molar-refractivity contribution in [3.05, 3.63) is 23.8 Å². The van der Waals surface area contributed by atoms with Crippen LogP contribution in [0.15, 0.2) is 18.2 Å². The van der Waals surface area contributed by atoms with Crippen LogP contribution in [0.3, 0.4) is 0 Å². The minimum Gasteiger partial charge on any atom is -0.393 e. The summed E-state index contributed by atoms with van der Waals surface area (Å²) in [5.41, 5.74) is 3.64. The van der Waals surface area contributed by atoms with Gasteiger partial charge in [-0.2, -0.15) is 0 Å². The third kappa shape index (κ3) is 3.97. The van der Waals surface area contributed by atoms with E-state index in [1.54, 1.807) is 0 Å². The summed E-state index contributed by atoms with van der Waals surface area (Å²) in [6.45, 7) is 9.97. The normalized spacial score (nSPS) is 42.8. The molecule has 1 aliphatic heterocycles. The molecule has 0 unspecified atom stereocenters. The molecule has 4 aliphatic carbocycles. The van der Waals surface area contributed by atoms with Gasteiger partial charge in [-0.1, -0.05) is 26.8 Å². The van der Waals surface area contributed by atoms with Crippen LogP contribution >= 0.6 is 0 Å². The van der Waals surface area contributed by atoms with Gasteiger partial charge in [-0.15, -0.1) is 0 Å². The molecule has 5 heteroatoms. The van der Waals surface area contributed by atoms with Gasteiger partial charge in [-0.3, -0.25) is 9.69 Å². The Labute approximate surface area is 230 Å². The molecule has 5 nitrogen and oxygen atoms in total. The van der Waals surface area contributed by atoms with Gasteiger partial charge < -0.3 is 15.1 Å². The van der Waals surface area contributed by atoms with Crippen LogP contribution in [0.1, 0.15) is 90.5 Å². The summed E-state index contributed by atoms with van der Waals surface area (Å²) in [6.07, 6.45) is 9.95. The van der Waals surface area contributed by atoms with Crippen molar-refractivity contribution in [1.82, 2.24) is 0 Å². The highest BCUT2D eigenvalue weighted by molar-refractivity contribution is 5.99. The van der Waals surface area contributed by atoms with Gasteiger partial charge in [0.25, 0.3) is 0 Å². The summed E-state index contributed by atoms with van der Waals surface area (Å²) in [6, 6.07) is 6.36. The first-order valence-corrected chi connectivity index (χ1v) is 15.5. The Bertz CT molecular complexity index is 1070. The predicted molar refractivity (Wildman–Crippen MR) is 153 cm³/mol. The van der Waals surface area contributed by atoms with E-state index in [9.17, 15) is 15.0 Å². The molecule has 6 rings (SSSR count). The lowest BCUT2D eigenvalue weighted by Gasteiger charge is -2.62. The first-order chi connectivity index (χ1) is 18.0. The minimum absolute atomic E-state index is 0.0427. The van der Waals surface area contributed by atoms with Crippen LogP contribution in [0.5, 0.6) is 0 Å². The minimum atomic E-state index is -0.260. The molecule has 38 heavy (non-hydrogen) atoms. The van der Waals surface area contributed by atoms with E-state index in [2.05, 4.69) is 57.8 Å². The quantitative estimate of drug-likeness (QED) is 0.498. The van der Waals surface area contributed by atoms with Gasteiger partial charge >= 0.3 is 0 Å². The fourth-order valence-corrected chi connectivity index (χ4v) is 10.6. The van der Waals surface area contributed by atoms with Gasteiger partial charge in [0, 0.05) is 13.5 Å². The van der Waals surface area contributed by atoms with Crippen LogP contribution in [0, 0.1) is 53.3 Å². The third-order valence-electron chi connectivity index (χ3n) is 12.8. The second-order valence-electron chi connectivity index (χ2n) is 14.6. The lowest BCUT2D eigenvalue weighted by molar-refractivity contribution is -0.174. The van der Waals surface area contributed by atoms with Crippen molar-refractivity contribution in [2.75, 3.05) is 23.5 Å². The Morgan fingerprint density at radius 2 is 1.84 bits per heavy atom. The van der Waals surface area contributed by atoms with E-state index in [0.717, 1.165) is 43.5 Å². The van der Waals surface area contributed by atoms with Crippen molar-refractivity contribution in [2.24, 2.45) is 46.3 Å². The molecule has 210 valence electrons. The monoisotopic (exact) mass is 522 g/mol. The van der Waals surface area contributed by atoms with E-state index in [1.807, 2.05) is 4.90 Å². The number of aliphatic hydroxyl groups is 2. The van der Waals surface area contributed by atoms with Crippen LogP contribution in [0.4, 0.5) is 11.4 Å². The van der Waals surface area contributed by atoms with Gasteiger partial charge in [0.2, 0.25) is 5.91 Å². The number of amides is 1. The molecule has 1 heterocycles. The van der Waals surface area contributed by atoms with E-state index in [0.29, 0.717) is 48.6 Å². The van der Waals surface area contributed by atoms with Crippen LogP contribution in [0.25, 0.3) is 0 Å². The number of anilines is 2. The number of benzene rings is 1. The molecule has 1 amide bonds. The molecule has 0 radical (unpaired) electrons. The topological polar surface area (TPSA) is 64.0 Å². The summed E-state index contributed by atoms with van der Waals surface area (Å²) < 4.78 is 0. The van der Waals surface area contributed by atoms with Crippen molar-refractivity contribution in [3.8, 4) is 0 Å². The van der Waals surface area contributed by atoms with Crippen LogP contribution in [0.2, 0.25) is 0 Å². The molecule has 4 fully saturated rings. The van der Waals surface area contributed by atoms with Gasteiger partial charge in [-0.25, -0.2) is 0 Å². The molecular weight excluding hydrogens is 472 g/mol. The molecule has 2 N–H and O–H groups in total. The van der Waals surface area contributed by atoms with Gasteiger partial charge in [0.15, 0.2) is 0 Å². The molecule has 0 spiro atoms. The van der Waals surface area contributed by atoms with E-state index < -0.39 is 0 Å². The third-order valence-corrected chi connectivity index (χ3v) is 12.8. The number of carbonyl (C=O) groups excluding carboxylic acids is 1. The zero-order chi connectivity index (χ0) is 27.0. The van der Waals surface area contributed by atoms with Crippen LogP contribution in [-0.4, -0.2) is 42.0 Å². The van der Waals surface area contributed by atoms with E-state index >= 15 is 0 Å². The summed E-state index contributed by atoms with van der Waals surface area (Å²) in [4.78, 5) is 17.5. The molecule has 0 aromatic heterocycles. The molecule has 10 atom stereocenters. The molecule has 1 aromatic carbocycles. The van der Waals surface area contributed by atoms with Crippen molar-refractivity contribution >= 4 is 17.3 Å². The fourth-order valence-electron chi connectivity index (χ4n) is 10.6. The first kappa shape index (κ1) is 26.6. The van der Waals surface area contributed by atoms with Crippen molar-refractivity contribution in [2.45, 2.75) is 104 Å². The smallest absolute Gasteiger partial charge is 0.228 e. The molecule has 5 aliphatic rings. The Morgan fingerprint density at radius 3 is 2.63 bits per heavy atom. The first-order valence-electron chi connectivity index (χ1n) is 15.5. The van der Waals surface area contributed by atoms with E-state index in [1.165, 1.54) is 31.2 Å². The number of rotatable bonds is 4. The number of aryl methyl sites for hydroxylation is 1. The number of fused-ring (bicyclic) bond motifs is 6. The SMILES string of the molecule is Cc1ccc2c(c1)N(C)CN2C(=O)CC[C@@H](C)[C@H]1CC[C@H]2[C@@H]3CC[C@@H]4C[C@H](O)CC[C@]4(C)[C@H]3C[C@H](O)[C@]12C. The Balaban J connectivity index is 1.14. The predicted octanol–water partition coefficient (Wildman–Crippen LogP) is 6.14. The number of carbonyl (C=O) groups is 1. The molecule has 4 saturated carbocycles. The van der Waals surface area contributed by atoms with Crippen molar-refractivity contribution < 1.29 is 15.0 Å². The summed E-state index contributed by atoms with van der Waals surface area (Å²) in [7, 11) is 2.06. The van der Waals surface area contributed by atoms with Crippen molar-refractivity contribution in [3.63, 3.8) is 0 Å². The summed E-state index contributed by atoms with van der Waals surface area (Å²) in [5.74, 6) is 3.63.